The molecule has 168 valence electrons. The molecule has 3 aromatic rings. The van der Waals surface area contributed by atoms with E-state index in [9.17, 15) is 13.2 Å². The summed E-state index contributed by atoms with van der Waals surface area (Å²) in [6.07, 6.45) is 0.937. The summed E-state index contributed by atoms with van der Waals surface area (Å²) in [6.45, 7) is 5.33. The Morgan fingerprint density at radius 1 is 1.00 bits per heavy atom. The van der Waals surface area contributed by atoms with Crippen LogP contribution in [0.2, 0.25) is 5.02 Å². The van der Waals surface area contributed by atoms with E-state index in [1.807, 2.05) is 31.2 Å². The maximum atomic E-state index is 13.5. The van der Waals surface area contributed by atoms with Gasteiger partial charge < -0.3 is 5.32 Å². The predicted octanol–water partition coefficient (Wildman–Crippen LogP) is 5.28. The van der Waals surface area contributed by atoms with Crippen molar-refractivity contribution in [2.75, 3.05) is 10.8 Å². The van der Waals surface area contributed by atoms with Gasteiger partial charge in [0.1, 0.15) is 6.54 Å². The molecule has 1 amide bonds. The number of nitrogens with zero attached hydrogens (tertiary/aromatic N) is 1. The second kappa shape index (κ2) is 10.2. The number of rotatable bonds is 8. The molecular formula is C25H27ClN2O3S. The molecule has 3 rings (SSSR count). The zero-order valence-corrected chi connectivity index (χ0v) is 20.0. The molecule has 5 nitrogen and oxygen atoms in total. The minimum atomic E-state index is -3.98. The van der Waals surface area contributed by atoms with Gasteiger partial charge in [0.15, 0.2) is 0 Å². The highest BCUT2D eigenvalue weighted by molar-refractivity contribution is 7.92. The molecule has 0 saturated carbocycles. The molecule has 0 spiro atoms. The SMILES string of the molecule is CCc1ccc([C@@H](C)NC(=O)CN(c2cccc(Cl)c2C)S(=O)(=O)c2ccccc2)cc1. The van der Waals surface area contributed by atoms with E-state index in [1.165, 1.54) is 17.7 Å². The fourth-order valence-electron chi connectivity index (χ4n) is 3.43. The van der Waals surface area contributed by atoms with E-state index in [0.717, 1.165) is 16.3 Å². The first-order valence-electron chi connectivity index (χ1n) is 10.4. The van der Waals surface area contributed by atoms with Gasteiger partial charge >= 0.3 is 0 Å². The third-order valence-corrected chi connectivity index (χ3v) is 7.58. The van der Waals surface area contributed by atoms with E-state index in [1.54, 1.807) is 43.3 Å². The zero-order chi connectivity index (χ0) is 23.3. The lowest BCUT2D eigenvalue weighted by atomic mass is 10.1. The van der Waals surface area contributed by atoms with Crippen LogP contribution in [0.4, 0.5) is 5.69 Å². The molecule has 1 N–H and O–H groups in total. The number of anilines is 1. The predicted molar refractivity (Wildman–Crippen MR) is 130 cm³/mol. The van der Waals surface area contributed by atoms with Crippen molar-refractivity contribution < 1.29 is 13.2 Å². The second-order valence-corrected chi connectivity index (χ2v) is 9.86. The van der Waals surface area contributed by atoms with Crippen LogP contribution >= 0.6 is 11.6 Å². The molecule has 0 heterocycles. The highest BCUT2D eigenvalue weighted by Gasteiger charge is 2.29. The first-order chi connectivity index (χ1) is 15.2. The van der Waals surface area contributed by atoms with Gasteiger partial charge in [-0.25, -0.2) is 8.42 Å². The molecule has 3 aromatic carbocycles. The van der Waals surface area contributed by atoms with Gasteiger partial charge in [0.2, 0.25) is 5.91 Å². The van der Waals surface area contributed by atoms with Gasteiger partial charge in [0.05, 0.1) is 16.6 Å². The van der Waals surface area contributed by atoms with E-state index in [2.05, 4.69) is 12.2 Å². The number of sulfonamides is 1. The Bertz CT molecular complexity index is 1180. The number of hydrogen-bond acceptors (Lipinski definition) is 3. The van der Waals surface area contributed by atoms with Crippen molar-refractivity contribution >= 4 is 33.2 Å². The van der Waals surface area contributed by atoms with Gasteiger partial charge in [-0.05, 0) is 61.2 Å². The molecule has 0 saturated heterocycles. The van der Waals surface area contributed by atoms with Crippen LogP contribution < -0.4 is 9.62 Å². The van der Waals surface area contributed by atoms with Crippen LogP contribution in [0.3, 0.4) is 0 Å². The summed E-state index contributed by atoms with van der Waals surface area (Å²) in [5.41, 5.74) is 3.12. The van der Waals surface area contributed by atoms with Crippen molar-refractivity contribution in [1.82, 2.24) is 5.32 Å². The molecule has 7 heteroatoms. The van der Waals surface area contributed by atoms with Crippen molar-refractivity contribution in [2.24, 2.45) is 0 Å². The van der Waals surface area contributed by atoms with Crippen LogP contribution in [-0.4, -0.2) is 20.9 Å². The average Bonchev–Trinajstić information content (AvgIpc) is 2.80. The van der Waals surface area contributed by atoms with Gasteiger partial charge in [-0.15, -0.1) is 0 Å². The minimum absolute atomic E-state index is 0.107. The standard InChI is InChI=1S/C25H27ClN2O3S/c1-4-20-13-15-21(16-14-20)19(3)27-25(29)17-28(24-12-8-11-23(26)18(24)2)32(30,31)22-9-6-5-7-10-22/h5-16,19H,4,17H2,1-3H3,(H,27,29)/t19-/m1/s1. The molecule has 32 heavy (non-hydrogen) atoms. The quantitative estimate of drug-likeness (QED) is 0.486. The Balaban J connectivity index is 1.90. The van der Waals surface area contributed by atoms with Crippen molar-refractivity contribution in [3.8, 4) is 0 Å². The van der Waals surface area contributed by atoms with Crippen molar-refractivity contribution in [3.63, 3.8) is 0 Å². The lowest BCUT2D eigenvalue weighted by Crippen LogP contribution is -2.42. The maximum Gasteiger partial charge on any atom is 0.264 e. The number of amides is 1. The first-order valence-corrected chi connectivity index (χ1v) is 12.3. The van der Waals surface area contributed by atoms with E-state index in [0.29, 0.717) is 16.3 Å². The summed E-state index contributed by atoms with van der Waals surface area (Å²) < 4.78 is 28.0. The van der Waals surface area contributed by atoms with Crippen LogP contribution in [-0.2, 0) is 21.2 Å². The average molecular weight is 471 g/mol. The summed E-state index contributed by atoms with van der Waals surface area (Å²) in [5, 5.41) is 3.34. The number of halogens is 1. The maximum absolute atomic E-state index is 13.5. The van der Waals surface area contributed by atoms with Crippen LogP contribution in [0.1, 0.15) is 36.6 Å². The lowest BCUT2D eigenvalue weighted by molar-refractivity contribution is -0.120. The van der Waals surface area contributed by atoms with Crippen LogP contribution in [0.5, 0.6) is 0 Å². The molecular weight excluding hydrogens is 444 g/mol. The van der Waals surface area contributed by atoms with Gasteiger partial charge in [0.25, 0.3) is 10.0 Å². The number of carbonyl (C=O) groups is 1. The van der Waals surface area contributed by atoms with E-state index in [4.69, 9.17) is 11.6 Å². The molecule has 0 radical (unpaired) electrons. The molecule has 0 aliphatic carbocycles. The molecule has 0 aliphatic rings. The Morgan fingerprint density at radius 3 is 2.28 bits per heavy atom. The summed E-state index contributed by atoms with van der Waals surface area (Å²) >= 11 is 6.26. The Morgan fingerprint density at radius 2 is 1.66 bits per heavy atom. The van der Waals surface area contributed by atoms with Gasteiger partial charge in [-0.3, -0.25) is 9.10 Å². The van der Waals surface area contributed by atoms with E-state index < -0.39 is 15.9 Å². The fourth-order valence-corrected chi connectivity index (χ4v) is 5.10. The molecule has 0 unspecified atom stereocenters. The number of carbonyl (C=O) groups excluding carboxylic acids is 1. The first kappa shape index (κ1) is 23.8. The molecule has 0 aliphatic heterocycles. The molecule has 1 atom stereocenters. The Labute approximate surface area is 195 Å². The van der Waals surface area contributed by atoms with Gasteiger partial charge in [-0.2, -0.15) is 0 Å². The second-order valence-electron chi connectivity index (χ2n) is 7.59. The number of hydrogen-bond donors (Lipinski definition) is 1. The number of benzene rings is 3. The molecule has 0 bridgehead atoms. The van der Waals surface area contributed by atoms with Crippen molar-refractivity contribution in [3.05, 3.63) is 94.5 Å². The summed E-state index contributed by atoms with van der Waals surface area (Å²) in [7, 11) is -3.98. The summed E-state index contributed by atoms with van der Waals surface area (Å²) in [6, 6.07) is 20.8. The molecule has 0 aromatic heterocycles. The van der Waals surface area contributed by atoms with Crippen LogP contribution in [0.25, 0.3) is 0 Å². The Kier molecular flexibility index (Phi) is 7.59. The smallest absolute Gasteiger partial charge is 0.264 e. The third kappa shape index (κ3) is 5.31. The minimum Gasteiger partial charge on any atom is -0.348 e. The lowest BCUT2D eigenvalue weighted by Gasteiger charge is -2.26. The highest BCUT2D eigenvalue weighted by atomic mass is 35.5. The van der Waals surface area contributed by atoms with Crippen LogP contribution in [0, 0.1) is 6.92 Å². The summed E-state index contributed by atoms with van der Waals surface area (Å²) in [4.78, 5) is 13.1. The van der Waals surface area contributed by atoms with Gasteiger partial charge in [-0.1, -0.05) is 67.1 Å². The monoisotopic (exact) mass is 470 g/mol. The summed E-state index contributed by atoms with van der Waals surface area (Å²) in [5.74, 6) is -0.407. The number of nitrogens with one attached hydrogen (secondary N) is 1. The van der Waals surface area contributed by atoms with E-state index >= 15 is 0 Å². The third-order valence-electron chi connectivity index (χ3n) is 5.39. The van der Waals surface area contributed by atoms with Crippen LogP contribution in [0.15, 0.2) is 77.7 Å². The zero-order valence-electron chi connectivity index (χ0n) is 18.4. The fraction of sp³-hybridized carbons (Fsp3) is 0.240. The topological polar surface area (TPSA) is 66.5 Å². The van der Waals surface area contributed by atoms with Crippen molar-refractivity contribution in [2.45, 2.75) is 38.1 Å². The van der Waals surface area contributed by atoms with Gasteiger partial charge in [0, 0.05) is 5.02 Å². The largest absolute Gasteiger partial charge is 0.348 e. The highest BCUT2D eigenvalue weighted by Crippen LogP contribution is 2.30. The Hall–Kier alpha value is -2.83. The van der Waals surface area contributed by atoms with E-state index in [-0.39, 0.29) is 17.5 Å². The molecule has 0 fully saturated rings. The number of aryl methyl sites for hydroxylation is 1. The van der Waals surface area contributed by atoms with Crippen molar-refractivity contribution in [1.29, 1.82) is 0 Å². The normalized spacial score (nSPS) is 12.2.